The van der Waals surface area contributed by atoms with E-state index in [1.807, 2.05) is 6.08 Å². The number of nitrogens with zero attached hydrogens (tertiary/aromatic N) is 1. The molecule has 100 valence electrons. The molecule has 1 N–H and O–H groups in total. The van der Waals surface area contributed by atoms with Crippen LogP contribution in [0.25, 0.3) is 0 Å². The number of allylic oxidation sites excluding steroid dienone is 2. The van der Waals surface area contributed by atoms with E-state index in [1.54, 1.807) is 0 Å². The smallest absolute Gasteiger partial charge is 0.0411 e. The SMILES string of the molecule is C=CC1=C(/C(=C\C)N2CCS(=O)CC2)CCNC1. The van der Waals surface area contributed by atoms with Crippen molar-refractivity contribution < 1.29 is 4.21 Å². The van der Waals surface area contributed by atoms with Crippen molar-refractivity contribution in [2.24, 2.45) is 0 Å². The Morgan fingerprint density at radius 1 is 1.44 bits per heavy atom. The summed E-state index contributed by atoms with van der Waals surface area (Å²) < 4.78 is 11.4. The number of nitrogens with one attached hydrogen (secondary N) is 1. The predicted molar refractivity (Wildman–Crippen MR) is 77.9 cm³/mol. The minimum absolute atomic E-state index is 0.612. The van der Waals surface area contributed by atoms with Crippen molar-refractivity contribution in [3.8, 4) is 0 Å². The molecule has 0 aromatic rings. The fourth-order valence-corrected chi connectivity index (χ4v) is 3.67. The average Bonchev–Trinajstić information content (AvgIpc) is 2.42. The first-order valence-corrected chi connectivity index (χ1v) is 8.07. The van der Waals surface area contributed by atoms with Gasteiger partial charge in [0.2, 0.25) is 0 Å². The highest BCUT2D eigenvalue weighted by Gasteiger charge is 2.22. The molecule has 2 heterocycles. The van der Waals surface area contributed by atoms with Crippen LogP contribution in [0, 0.1) is 0 Å². The van der Waals surface area contributed by atoms with Gasteiger partial charge in [-0.05, 0) is 31.0 Å². The molecule has 1 fully saturated rings. The Bertz CT molecular complexity index is 402. The third-order valence-corrected chi connectivity index (χ3v) is 4.88. The molecule has 0 amide bonds. The highest BCUT2D eigenvalue weighted by molar-refractivity contribution is 7.85. The van der Waals surface area contributed by atoms with Gasteiger partial charge < -0.3 is 10.2 Å². The number of hydrogen-bond donors (Lipinski definition) is 1. The van der Waals surface area contributed by atoms with Crippen molar-refractivity contribution in [1.29, 1.82) is 0 Å². The first kappa shape index (κ1) is 13.6. The molecule has 2 aliphatic heterocycles. The Balaban J connectivity index is 2.20. The van der Waals surface area contributed by atoms with Crippen LogP contribution < -0.4 is 5.32 Å². The van der Waals surface area contributed by atoms with Crippen LogP contribution in [0.5, 0.6) is 0 Å². The number of hydrogen-bond acceptors (Lipinski definition) is 3. The molecular formula is C14H22N2OS. The second-order valence-electron chi connectivity index (χ2n) is 4.64. The fraction of sp³-hybridized carbons (Fsp3) is 0.571. The van der Waals surface area contributed by atoms with Crippen LogP contribution in [0.2, 0.25) is 0 Å². The molecule has 3 nitrogen and oxygen atoms in total. The van der Waals surface area contributed by atoms with Crippen molar-refractivity contribution in [2.75, 3.05) is 37.7 Å². The summed E-state index contributed by atoms with van der Waals surface area (Å²) in [6, 6.07) is 0. The maximum Gasteiger partial charge on any atom is 0.0411 e. The first-order valence-electron chi connectivity index (χ1n) is 6.58. The highest BCUT2D eigenvalue weighted by atomic mass is 32.2. The van der Waals surface area contributed by atoms with Crippen LogP contribution in [-0.4, -0.2) is 46.8 Å². The van der Waals surface area contributed by atoms with Crippen molar-refractivity contribution >= 4 is 10.8 Å². The molecule has 0 aliphatic carbocycles. The van der Waals surface area contributed by atoms with E-state index in [-0.39, 0.29) is 0 Å². The molecule has 0 radical (unpaired) electrons. The van der Waals surface area contributed by atoms with E-state index >= 15 is 0 Å². The van der Waals surface area contributed by atoms with Gasteiger partial charge in [-0.25, -0.2) is 0 Å². The average molecular weight is 266 g/mol. The van der Waals surface area contributed by atoms with Gasteiger partial charge in [-0.2, -0.15) is 0 Å². The zero-order valence-electron chi connectivity index (χ0n) is 11.1. The standard InChI is InChI=1S/C14H22N2OS/c1-3-12-11-15-6-5-13(12)14(4-2)16-7-9-18(17)10-8-16/h3-4,15H,1,5-11H2,2H3/b14-4+. The van der Waals surface area contributed by atoms with Gasteiger partial charge in [-0.1, -0.05) is 18.7 Å². The van der Waals surface area contributed by atoms with Crippen LogP contribution in [0.15, 0.2) is 35.6 Å². The van der Waals surface area contributed by atoms with E-state index in [0.29, 0.717) is 0 Å². The summed E-state index contributed by atoms with van der Waals surface area (Å²) in [4.78, 5) is 2.38. The second-order valence-corrected chi connectivity index (χ2v) is 6.34. The van der Waals surface area contributed by atoms with E-state index in [0.717, 1.165) is 44.1 Å². The Morgan fingerprint density at radius 2 is 2.17 bits per heavy atom. The largest absolute Gasteiger partial charge is 0.370 e. The summed E-state index contributed by atoms with van der Waals surface area (Å²) in [6.45, 7) is 9.78. The lowest BCUT2D eigenvalue weighted by atomic mass is 9.97. The van der Waals surface area contributed by atoms with Gasteiger partial charge in [0.05, 0.1) is 0 Å². The van der Waals surface area contributed by atoms with Gasteiger partial charge in [0.15, 0.2) is 0 Å². The molecule has 0 unspecified atom stereocenters. The lowest BCUT2D eigenvalue weighted by Crippen LogP contribution is -2.39. The lowest BCUT2D eigenvalue weighted by molar-refractivity contribution is 0.377. The Kier molecular flexibility index (Phi) is 4.78. The lowest BCUT2D eigenvalue weighted by Gasteiger charge is -2.34. The summed E-state index contributed by atoms with van der Waals surface area (Å²) in [5.41, 5.74) is 4.04. The Labute approximate surface area is 112 Å². The minimum Gasteiger partial charge on any atom is -0.370 e. The molecule has 0 aromatic carbocycles. The molecule has 0 atom stereocenters. The van der Waals surface area contributed by atoms with Gasteiger partial charge >= 0.3 is 0 Å². The van der Waals surface area contributed by atoms with Gasteiger partial charge in [0.25, 0.3) is 0 Å². The summed E-state index contributed by atoms with van der Waals surface area (Å²) in [5, 5.41) is 3.38. The van der Waals surface area contributed by atoms with E-state index in [4.69, 9.17) is 0 Å². The maximum absolute atomic E-state index is 11.4. The summed E-state index contributed by atoms with van der Waals surface area (Å²) in [5.74, 6) is 1.60. The quantitative estimate of drug-likeness (QED) is 0.839. The van der Waals surface area contributed by atoms with Crippen molar-refractivity contribution in [1.82, 2.24) is 10.2 Å². The molecule has 4 heteroatoms. The van der Waals surface area contributed by atoms with Crippen LogP contribution in [0.4, 0.5) is 0 Å². The molecule has 0 bridgehead atoms. The van der Waals surface area contributed by atoms with Crippen LogP contribution in [0.1, 0.15) is 13.3 Å². The van der Waals surface area contributed by atoms with E-state index < -0.39 is 10.8 Å². The molecular weight excluding hydrogens is 244 g/mol. The molecule has 2 rings (SSSR count). The molecule has 0 saturated carbocycles. The van der Waals surface area contributed by atoms with Crippen LogP contribution in [-0.2, 0) is 10.8 Å². The maximum atomic E-state index is 11.4. The molecule has 2 aliphatic rings. The first-order chi connectivity index (χ1) is 8.76. The van der Waals surface area contributed by atoms with Crippen molar-refractivity contribution in [3.05, 3.63) is 35.6 Å². The normalized spacial score (nSPS) is 23.4. The van der Waals surface area contributed by atoms with Crippen molar-refractivity contribution in [3.63, 3.8) is 0 Å². The molecule has 0 spiro atoms. The Morgan fingerprint density at radius 3 is 2.78 bits per heavy atom. The van der Waals surface area contributed by atoms with Gasteiger partial charge in [0, 0.05) is 47.6 Å². The molecule has 0 aromatic heterocycles. The summed E-state index contributed by atoms with van der Waals surface area (Å²) >= 11 is 0. The Hall–Kier alpha value is -0.870. The second kappa shape index (κ2) is 6.34. The fourth-order valence-electron chi connectivity index (χ4n) is 2.62. The minimum atomic E-state index is -0.612. The summed E-state index contributed by atoms with van der Waals surface area (Å²) in [7, 11) is -0.612. The van der Waals surface area contributed by atoms with Crippen LogP contribution in [0.3, 0.4) is 0 Å². The zero-order valence-corrected chi connectivity index (χ0v) is 11.9. The van der Waals surface area contributed by atoms with E-state index in [2.05, 4.69) is 29.8 Å². The third kappa shape index (κ3) is 2.93. The molecule has 18 heavy (non-hydrogen) atoms. The third-order valence-electron chi connectivity index (χ3n) is 3.60. The van der Waals surface area contributed by atoms with Crippen LogP contribution >= 0.6 is 0 Å². The monoisotopic (exact) mass is 266 g/mol. The number of rotatable bonds is 3. The predicted octanol–water partition coefficient (Wildman–Crippen LogP) is 1.43. The van der Waals surface area contributed by atoms with Gasteiger partial charge in [-0.3, -0.25) is 4.21 Å². The van der Waals surface area contributed by atoms with Crippen molar-refractivity contribution in [2.45, 2.75) is 13.3 Å². The van der Waals surface area contributed by atoms with Gasteiger partial charge in [-0.15, -0.1) is 0 Å². The summed E-state index contributed by atoms with van der Waals surface area (Å²) in [6.07, 6.45) is 5.21. The van der Waals surface area contributed by atoms with E-state index in [1.165, 1.54) is 16.8 Å². The zero-order chi connectivity index (χ0) is 13.0. The topological polar surface area (TPSA) is 32.3 Å². The van der Waals surface area contributed by atoms with E-state index in [9.17, 15) is 4.21 Å². The van der Waals surface area contributed by atoms with Gasteiger partial charge in [0.1, 0.15) is 0 Å². The molecule has 1 saturated heterocycles. The highest BCUT2D eigenvalue weighted by Crippen LogP contribution is 2.25.